The summed E-state index contributed by atoms with van der Waals surface area (Å²) < 4.78 is 85.4. The van der Waals surface area contributed by atoms with Crippen LogP contribution in [0.3, 0.4) is 0 Å². The lowest BCUT2D eigenvalue weighted by Gasteiger charge is -2.37. The predicted molar refractivity (Wildman–Crippen MR) is 160 cm³/mol. The van der Waals surface area contributed by atoms with E-state index in [1.807, 2.05) is 0 Å². The zero-order valence-corrected chi connectivity index (χ0v) is 25.0. The summed E-state index contributed by atoms with van der Waals surface area (Å²) in [5, 5.41) is 4.32. The highest BCUT2D eigenvalue weighted by atomic mass is 32.2. The molecule has 13 heteroatoms. The lowest BCUT2D eigenvalue weighted by Crippen LogP contribution is -2.34. The van der Waals surface area contributed by atoms with E-state index in [0.717, 1.165) is 4.31 Å². The van der Waals surface area contributed by atoms with Crippen LogP contribution in [0.25, 0.3) is 16.6 Å². The van der Waals surface area contributed by atoms with Crippen LogP contribution < -0.4 is 19.3 Å². The number of hydrogen-bond donors (Lipinski definition) is 0. The average molecular weight is 640 g/mol. The molecule has 0 saturated heterocycles. The smallest absolute Gasteiger partial charge is 0.391 e. The summed E-state index contributed by atoms with van der Waals surface area (Å²) in [4.78, 5) is 13.1. The Bertz CT molecular complexity index is 2000. The molecule has 0 atom stereocenters. The van der Waals surface area contributed by atoms with Gasteiger partial charge in [-0.2, -0.15) is 13.2 Å². The zero-order chi connectivity index (χ0) is 31.9. The van der Waals surface area contributed by atoms with Gasteiger partial charge < -0.3 is 14.0 Å². The van der Waals surface area contributed by atoms with E-state index < -0.39 is 27.7 Å². The summed E-state index contributed by atoms with van der Waals surface area (Å²) in [5.74, 6) is -0.558. The van der Waals surface area contributed by atoms with Gasteiger partial charge in [0.05, 0.1) is 42.8 Å². The van der Waals surface area contributed by atoms with Crippen molar-refractivity contribution in [2.75, 3.05) is 18.5 Å². The maximum atomic E-state index is 14.0. The zero-order valence-electron chi connectivity index (χ0n) is 24.2. The Morgan fingerprint density at radius 2 is 1.71 bits per heavy atom. The SMILES string of the molecule is COc1ccc(CN(c2ccon2)S(=O)(=O)c2ccc3c(ccc(=O)n3-c3ccc(C4CC(C(F)(F)F)C4)cc3OC)c2)cc1. The number of fused-ring (bicyclic) bond motifs is 1. The van der Waals surface area contributed by atoms with Crippen molar-refractivity contribution in [3.05, 3.63) is 107 Å². The van der Waals surface area contributed by atoms with Crippen molar-refractivity contribution in [3.63, 3.8) is 0 Å². The van der Waals surface area contributed by atoms with Crippen molar-refractivity contribution in [1.82, 2.24) is 9.72 Å². The lowest BCUT2D eigenvalue weighted by atomic mass is 9.71. The van der Waals surface area contributed by atoms with Gasteiger partial charge in [-0.15, -0.1) is 0 Å². The first kappa shape index (κ1) is 30.3. The second kappa shape index (κ2) is 11.6. The van der Waals surface area contributed by atoms with Gasteiger partial charge in [-0.25, -0.2) is 12.7 Å². The number of rotatable bonds is 9. The molecule has 3 aromatic carbocycles. The minimum Gasteiger partial charge on any atom is -0.497 e. The topological polar surface area (TPSA) is 104 Å². The fourth-order valence-electron chi connectivity index (χ4n) is 5.57. The number of sulfonamides is 1. The molecule has 1 fully saturated rings. The maximum absolute atomic E-state index is 14.0. The molecular formula is C32H28F3N3O6S. The summed E-state index contributed by atoms with van der Waals surface area (Å²) in [6, 6.07) is 20.7. The number of pyridine rings is 1. The van der Waals surface area contributed by atoms with Gasteiger partial charge in [-0.1, -0.05) is 23.4 Å². The Morgan fingerprint density at radius 1 is 0.956 bits per heavy atom. The first-order chi connectivity index (χ1) is 21.5. The van der Waals surface area contributed by atoms with Crippen LogP contribution in [0, 0.1) is 5.92 Å². The van der Waals surface area contributed by atoms with Crippen molar-refractivity contribution in [2.45, 2.75) is 36.4 Å². The second-order valence-corrected chi connectivity index (χ2v) is 12.6. The molecule has 0 spiro atoms. The summed E-state index contributed by atoms with van der Waals surface area (Å²) in [5.41, 5.74) is 1.78. The van der Waals surface area contributed by atoms with Crippen LogP contribution in [0.15, 0.2) is 99.3 Å². The van der Waals surface area contributed by atoms with Crippen molar-refractivity contribution in [3.8, 4) is 17.2 Å². The van der Waals surface area contributed by atoms with Gasteiger partial charge in [-0.05, 0) is 78.4 Å². The molecule has 1 aliphatic rings. The number of nitrogens with zero attached hydrogens (tertiary/aromatic N) is 3. The van der Waals surface area contributed by atoms with E-state index in [1.165, 1.54) is 61.4 Å². The van der Waals surface area contributed by atoms with E-state index in [9.17, 15) is 26.4 Å². The molecule has 2 heterocycles. The summed E-state index contributed by atoms with van der Waals surface area (Å²) >= 11 is 0. The molecule has 6 rings (SSSR count). The Kier molecular flexibility index (Phi) is 7.81. The number of hydrogen-bond acceptors (Lipinski definition) is 7. The highest BCUT2D eigenvalue weighted by Gasteiger charge is 2.48. The van der Waals surface area contributed by atoms with E-state index in [-0.39, 0.29) is 36.0 Å². The molecule has 0 bridgehead atoms. The summed E-state index contributed by atoms with van der Waals surface area (Å²) in [7, 11) is -1.21. The van der Waals surface area contributed by atoms with Gasteiger partial charge in [0.2, 0.25) is 0 Å². The molecule has 0 N–H and O–H groups in total. The molecule has 0 aliphatic heterocycles. The molecule has 1 saturated carbocycles. The molecule has 45 heavy (non-hydrogen) atoms. The summed E-state index contributed by atoms with van der Waals surface area (Å²) in [6.07, 6.45) is -2.93. The molecule has 0 amide bonds. The van der Waals surface area contributed by atoms with E-state index in [1.54, 1.807) is 42.5 Å². The monoisotopic (exact) mass is 639 g/mol. The highest BCUT2D eigenvalue weighted by molar-refractivity contribution is 7.92. The molecule has 2 aromatic heterocycles. The van der Waals surface area contributed by atoms with Gasteiger partial charge in [0.25, 0.3) is 15.6 Å². The third-order valence-corrected chi connectivity index (χ3v) is 9.88. The Morgan fingerprint density at radius 3 is 2.36 bits per heavy atom. The number of benzene rings is 3. The Labute approximate surface area is 256 Å². The predicted octanol–water partition coefficient (Wildman–Crippen LogP) is 6.45. The molecule has 9 nitrogen and oxygen atoms in total. The van der Waals surface area contributed by atoms with Crippen LogP contribution in [-0.2, 0) is 16.6 Å². The van der Waals surface area contributed by atoms with E-state index in [2.05, 4.69) is 5.16 Å². The number of halogens is 3. The Balaban J connectivity index is 1.36. The van der Waals surface area contributed by atoms with Gasteiger partial charge in [0, 0.05) is 17.5 Å². The minimum absolute atomic E-state index is 0.00128. The number of anilines is 1. The van der Waals surface area contributed by atoms with E-state index in [0.29, 0.717) is 39.2 Å². The van der Waals surface area contributed by atoms with Crippen LogP contribution in [-0.4, -0.2) is 38.5 Å². The normalized spacial score (nSPS) is 16.7. The number of methoxy groups -OCH3 is 2. The van der Waals surface area contributed by atoms with Gasteiger partial charge in [0.1, 0.15) is 17.8 Å². The van der Waals surface area contributed by atoms with Crippen molar-refractivity contribution in [2.24, 2.45) is 5.92 Å². The third-order valence-electron chi connectivity index (χ3n) is 8.14. The van der Waals surface area contributed by atoms with Crippen LogP contribution in [0.4, 0.5) is 19.0 Å². The van der Waals surface area contributed by atoms with Crippen LogP contribution in [0.5, 0.6) is 11.5 Å². The van der Waals surface area contributed by atoms with E-state index >= 15 is 0 Å². The van der Waals surface area contributed by atoms with E-state index in [4.69, 9.17) is 14.0 Å². The van der Waals surface area contributed by atoms with Crippen LogP contribution >= 0.6 is 0 Å². The molecule has 1 aliphatic carbocycles. The molecule has 0 unspecified atom stereocenters. The second-order valence-electron chi connectivity index (χ2n) is 10.8. The Hall–Kier alpha value is -4.78. The molecule has 234 valence electrons. The lowest BCUT2D eigenvalue weighted by molar-refractivity contribution is -0.197. The van der Waals surface area contributed by atoms with Crippen molar-refractivity contribution < 1.29 is 35.6 Å². The standard InChI is InChI=1S/C32H28F3N3O6S/c1-42-25-7-3-20(4-8-25)19-37(30-13-14-44-36-30)45(40,41)26-9-11-27-22(17-26)6-12-31(39)38(27)28-10-5-21(18-29(28)43-2)23-15-24(16-23)32(33,34)35/h3-14,17-18,23-24H,15-16,19H2,1-2H3. The van der Waals surface area contributed by atoms with Crippen LogP contribution in [0.1, 0.15) is 29.9 Å². The average Bonchev–Trinajstić information content (AvgIpc) is 3.53. The fourth-order valence-corrected chi connectivity index (χ4v) is 7.00. The first-order valence-corrected chi connectivity index (χ1v) is 15.4. The highest BCUT2D eigenvalue weighted by Crippen LogP contribution is 2.50. The fraction of sp³-hybridized carbons (Fsp3) is 0.250. The number of aromatic nitrogens is 2. The quantitative estimate of drug-likeness (QED) is 0.183. The minimum atomic E-state index is -4.22. The first-order valence-electron chi connectivity index (χ1n) is 14.0. The van der Waals surface area contributed by atoms with Crippen LogP contribution in [0.2, 0.25) is 0 Å². The number of ether oxygens (including phenoxy) is 2. The third kappa shape index (κ3) is 5.75. The molecule has 0 radical (unpaired) electrons. The van der Waals surface area contributed by atoms with Gasteiger partial charge in [0.15, 0.2) is 5.82 Å². The largest absolute Gasteiger partial charge is 0.497 e. The van der Waals surface area contributed by atoms with Crippen molar-refractivity contribution >= 4 is 26.7 Å². The van der Waals surface area contributed by atoms with Crippen molar-refractivity contribution in [1.29, 1.82) is 0 Å². The van der Waals surface area contributed by atoms with Gasteiger partial charge >= 0.3 is 6.18 Å². The molecule has 5 aromatic rings. The van der Waals surface area contributed by atoms with Gasteiger partial charge in [-0.3, -0.25) is 9.36 Å². The number of alkyl halides is 3. The summed E-state index contributed by atoms with van der Waals surface area (Å²) in [6.45, 7) is -0.0370. The molecular weight excluding hydrogens is 611 g/mol. The maximum Gasteiger partial charge on any atom is 0.391 e.